The number of nitrogens with zero attached hydrogens (tertiary/aromatic N) is 2. The fourth-order valence-electron chi connectivity index (χ4n) is 6.28. The number of hydrogen-bond acceptors (Lipinski definition) is 6. The number of aryl methyl sites for hydroxylation is 1. The molecule has 5 rings (SSSR count). The van der Waals surface area contributed by atoms with Crippen molar-refractivity contribution in [2.75, 3.05) is 26.2 Å². The number of fused-ring (bicyclic) bond motifs is 1. The van der Waals surface area contributed by atoms with Crippen LogP contribution in [-0.2, 0) is 9.59 Å². The largest absolute Gasteiger partial charge is 0.367 e. The molecule has 4 unspecified atom stereocenters. The lowest BCUT2D eigenvalue weighted by Crippen LogP contribution is -2.48. The molecule has 1 aromatic rings. The van der Waals surface area contributed by atoms with Crippen LogP contribution in [0.2, 0.25) is 0 Å². The molecule has 11 heteroatoms. The zero-order chi connectivity index (χ0) is 28.9. The molecule has 0 bridgehead atoms. The van der Waals surface area contributed by atoms with E-state index in [1.165, 1.54) is 0 Å². The van der Waals surface area contributed by atoms with Crippen molar-refractivity contribution in [1.29, 1.82) is 0 Å². The van der Waals surface area contributed by atoms with Crippen LogP contribution < -0.4 is 21.3 Å². The van der Waals surface area contributed by atoms with Gasteiger partial charge in [0.1, 0.15) is 5.84 Å². The first-order valence-electron chi connectivity index (χ1n) is 15.0. The van der Waals surface area contributed by atoms with E-state index in [0.717, 1.165) is 69.4 Å². The number of carbonyl (C=O) groups is 4. The maximum atomic E-state index is 13.4. The first kappa shape index (κ1) is 29.4. The maximum Gasteiger partial charge on any atom is 0.254 e. The number of alkyl halides is 1. The van der Waals surface area contributed by atoms with Crippen LogP contribution in [0.4, 0.5) is 0 Å². The summed E-state index contributed by atoms with van der Waals surface area (Å²) in [6.07, 6.45) is 7.16. The maximum absolute atomic E-state index is 13.4. The molecule has 1 aromatic carbocycles. The molecule has 222 valence electrons. The number of benzene rings is 1. The number of carbonyl (C=O) groups excluding carboxylic acids is 4. The zero-order valence-corrected chi connectivity index (χ0v) is 24.5. The molecule has 3 heterocycles. The van der Waals surface area contributed by atoms with Crippen LogP contribution in [-0.4, -0.2) is 84.0 Å². The monoisotopic (exact) mass is 584 g/mol. The van der Waals surface area contributed by atoms with Crippen molar-refractivity contribution < 1.29 is 19.2 Å². The van der Waals surface area contributed by atoms with Gasteiger partial charge in [-0.2, -0.15) is 0 Å². The van der Waals surface area contributed by atoms with E-state index in [1.54, 1.807) is 18.2 Å². The minimum atomic E-state index is -0.305. The van der Waals surface area contributed by atoms with Crippen molar-refractivity contribution in [1.82, 2.24) is 26.2 Å². The molecular formula is C30H41ClN6O4. The van der Waals surface area contributed by atoms with E-state index in [1.807, 2.05) is 11.8 Å². The molecule has 1 aliphatic carbocycles. The molecule has 0 radical (unpaired) electrons. The summed E-state index contributed by atoms with van der Waals surface area (Å²) in [5, 5.41) is 12.5. The molecule has 2 saturated heterocycles. The lowest BCUT2D eigenvalue weighted by Gasteiger charge is -2.27. The van der Waals surface area contributed by atoms with Crippen molar-refractivity contribution in [3.63, 3.8) is 0 Å². The lowest BCUT2D eigenvalue weighted by molar-refractivity contribution is -0.126. The van der Waals surface area contributed by atoms with Gasteiger partial charge in [-0.15, -0.1) is 11.6 Å². The highest BCUT2D eigenvalue weighted by atomic mass is 35.5. The first-order chi connectivity index (χ1) is 19.8. The molecule has 3 fully saturated rings. The number of amides is 4. The van der Waals surface area contributed by atoms with Crippen molar-refractivity contribution >= 4 is 41.1 Å². The molecular weight excluding hydrogens is 544 g/mol. The summed E-state index contributed by atoms with van der Waals surface area (Å²) >= 11 is 6.42. The highest BCUT2D eigenvalue weighted by Crippen LogP contribution is 2.29. The summed E-state index contributed by atoms with van der Waals surface area (Å²) < 4.78 is 0. The fraction of sp³-hybridized carbons (Fsp3) is 0.633. The third-order valence-corrected chi connectivity index (χ3v) is 9.10. The summed E-state index contributed by atoms with van der Waals surface area (Å²) in [7, 11) is 0. The Hall–Kier alpha value is -3.14. The zero-order valence-electron chi connectivity index (χ0n) is 23.7. The predicted octanol–water partition coefficient (Wildman–Crippen LogP) is 2.28. The average Bonchev–Trinajstić information content (AvgIpc) is 3.72. The van der Waals surface area contributed by atoms with Crippen molar-refractivity contribution in [2.24, 2.45) is 10.9 Å². The summed E-state index contributed by atoms with van der Waals surface area (Å²) in [6, 6.07) is 5.31. The van der Waals surface area contributed by atoms with Gasteiger partial charge in [0.15, 0.2) is 0 Å². The standard InChI is InChI=1S/C30H41ClN6O4/c1-18-14-19(7-9-22(18)30(41)37-12-4-5-13-37)29(40)36-24(27-34-23-10-8-21(31)16-25(23)35-27)6-2-3-11-32-28(39)20-15-26(38)33-17-20/h7,9,14,20-21,23-25H,2-6,8,10-13,15-17H2,1H3,(H,32,39)(H,33,38)(H,34,35)(H,36,40)/t20?,21?,23?,24-,25?/m0/s1. The summed E-state index contributed by atoms with van der Waals surface area (Å²) in [5.41, 5.74) is 1.94. The second-order valence-corrected chi connectivity index (χ2v) is 12.4. The molecule has 4 N–H and O–H groups in total. The van der Waals surface area contributed by atoms with E-state index in [9.17, 15) is 19.2 Å². The van der Waals surface area contributed by atoms with Crippen molar-refractivity contribution in [2.45, 2.75) is 88.2 Å². The number of halogens is 1. The highest BCUT2D eigenvalue weighted by Gasteiger charge is 2.37. The molecule has 41 heavy (non-hydrogen) atoms. The minimum Gasteiger partial charge on any atom is -0.367 e. The predicted molar refractivity (Wildman–Crippen MR) is 157 cm³/mol. The number of likely N-dealkylation sites (tertiary alicyclic amines) is 1. The molecule has 0 aromatic heterocycles. The fourth-order valence-corrected chi connectivity index (χ4v) is 6.60. The quantitative estimate of drug-likeness (QED) is 0.247. The Labute approximate surface area is 246 Å². The van der Waals surface area contributed by atoms with Crippen LogP contribution in [0.3, 0.4) is 0 Å². The first-order valence-corrected chi connectivity index (χ1v) is 15.5. The van der Waals surface area contributed by atoms with Gasteiger partial charge in [0.25, 0.3) is 11.8 Å². The van der Waals surface area contributed by atoms with Crippen molar-refractivity contribution in [3.8, 4) is 0 Å². The molecule has 10 nitrogen and oxygen atoms in total. The van der Waals surface area contributed by atoms with Crippen LogP contribution >= 0.6 is 11.6 Å². The van der Waals surface area contributed by atoms with Crippen LogP contribution in [0, 0.1) is 12.8 Å². The summed E-state index contributed by atoms with van der Waals surface area (Å²) in [4.78, 5) is 56.8. The highest BCUT2D eigenvalue weighted by molar-refractivity contribution is 6.20. The third-order valence-electron chi connectivity index (χ3n) is 8.70. The van der Waals surface area contributed by atoms with Crippen LogP contribution in [0.25, 0.3) is 0 Å². The van der Waals surface area contributed by atoms with Gasteiger partial charge in [0.05, 0.1) is 24.0 Å². The Bertz CT molecular complexity index is 1200. The smallest absolute Gasteiger partial charge is 0.254 e. The van der Waals surface area contributed by atoms with Gasteiger partial charge in [-0.1, -0.05) is 0 Å². The van der Waals surface area contributed by atoms with Crippen LogP contribution in [0.1, 0.15) is 84.1 Å². The second-order valence-electron chi connectivity index (χ2n) is 11.8. The van der Waals surface area contributed by atoms with Gasteiger partial charge in [-0.3, -0.25) is 24.2 Å². The molecule has 5 atom stereocenters. The number of aliphatic imine (C=N–C) groups is 1. The van der Waals surface area contributed by atoms with Crippen molar-refractivity contribution in [3.05, 3.63) is 34.9 Å². The number of hydrogen-bond donors (Lipinski definition) is 4. The number of nitrogens with one attached hydrogen (secondary N) is 4. The van der Waals surface area contributed by atoms with Gasteiger partial charge in [-0.25, -0.2) is 0 Å². The van der Waals surface area contributed by atoms with Gasteiger partial charge < -0.3 is 26.2 Å². The lowest BCUT2D eigenvalue weighted by atomic mass is 9.91. The van der Waals surface area contributed by atoms with Crippen LogP contribution in [0.5, 0.6) is 0 Å². The van der Waals surface area contributed by atoms with Gasteiger partial charge in [0.2, 0.25) is 11.8 Å². The number of rotatable bonds is 10. The van der Waals surface area contributed by atoms with E-state index in [0.29, 0.717) is 30.6 Å². The normalized spacial score (nSPS) is 26.0. The Morgan fingerprint density at radius 1 is 1.17 bits per heavy atom. The molecule has 4 amide bonds. The van der Waals surface area contributed by atoms with Gasteiger partial charge in [0, 0.05) is 49.1 Å². The van der Waals surface area contributed by atoms with E-state index < -0.39 is 0 Å². The summed E-state index contributed by atoms with van der Waals surface area (Å²) in [6.45, 7) is 4.34. The van der Waals surface area contributed by atoms with E-state index in [2.05, 4.69) is 21.3 Å². The average molecular weight is 585 g/mol. The molecule has 4 aliphatic rings. The molecule has 1 saturated carbocycles. The van der Waals surface area contributed by atoms with Crippen LogP contribution in [0.15, 0.2) is 23.2 Å². The van der Waals surface area contributed by atoms with E-state index >= 15 is 0 Å². The second kappa shape index (κ2) is 13.2. The molecule has 0 spiro atoms. The van der Waals surface area contributed by atoms with E-state index in [-0.39, 0.29) is 59.5 Å². The van der Waals surface area contributed by atoms with Gasteiger partial charge >= 0.3 is 0 Å². The Kier molecular flexibility index (Phi) is 9.47. The Morgan fingerprint density at radius 2 is 1.98 bits per heavy atom. The Morgan fingerprint density at radius 3 is 2.71 bits per heavy atom. The number of amidine groups is 1. The third kappa shape index (κ3) is 7.20. The topological polar surface area (TPSA) is 132 Å². The SMILES string of the molecule is Cc1cc(C(=O)N[C@@H](CCCCNC(=O)C2CNC(=O)C2)C2=NC3CCC(Cl)CC3N2)ccc1C(=O)N1CCCC1. The van der Waals surface area contributed by atoms with Gasteiger partial charge in [-0.05, 0) is 82.1 Å². The minimum absolute atomic E-state index is 0.0254. The van der Waals surface area contributed by atoms with E-state index in [4.69, 9.17) is 16.6 Å². The Balaban J connectivity index is 1.20. The molecule has 3 aliphatic heterocycles. The summed E-state index contributed by atoms with van der Waals surface area (Å²) in [5.74, 6) is 0.115. The number of unbranched alkanes of at least 4 members (excludes halogenated alkanes) is 1.